The average molecular weight is 388 g/mol. The van der Waals surface area contributed by atoms with Crippen molar-refractivity contribution >= 4 is 10.9 Å². The molecule has 0 saturated carbocycles. The van der Waals surface area contributed by atoms with Crippen LogP contribution in [0.15, 0.2) is 85.1 Å². The van der Waals surface area contributed by atoms with Gasteiger partial charge in [-0.1, -0.05) is 60.7 Å². The smallest absolute Gasteiger partial charge is 0.163 e. The number of benzene rings is 3. The molecule has 144 valence electrons. The molecule has 0 atom stereocenters. The van der Waals surface area contributed by atoms with Crippen LogP contribution in [0.5, 0.6) is 0 Å². The van der Waals surface area contributed by atoms with Crippen LogP contribution in [0.3, 0.4) is 0 Å². The van der Waals surface area contributed by atoms with E-state index >= 15 is 0 Å². The fraction of sp³-hybridized carbons (Fsp3) is 0.0769. The summed E-state index contributed by atoms with van der Waals surface area (Å²) in [6, 6.07) is 27.3. The monoisotopic (exact) mass is 388 g/mol. The minimum absolute atomic E-state index is 0.709. The van der Waals surface area contributed by atoms with Crippen molar-refractivity contribution in [2.45, 2.75) is 13.8 Å². The molecule has 0 spiro atoms. The van der Waals surface area contributed by atoms with Gasteiger partial charge in [0.1, 0.15) is 11.6 Å². The summed E-state index contributed by atoms with van der Waals surface area (Å²) in [4.78, 5) is 17.8. The van der Waals surface area contributed by atoms with E-state index < -0.39 is 0 Å². The predicted molar refractivity (Wildman–Crippen MR) is 121 cm³/mol. The largest absolute Gasteiger partial charge is 0.256 e. The molecule has 5 aromatic rings. The second-order valence-electron chi connectivity index (χ2n) is 7.33. The minimum atomic E-state index is 0.709. The summed E-state index contributed by atoms with van der Waals surface area (Å²) >= 11 is 0. The summed E-state index contributed by atoms with van der Waals surface area (Å²) in [5.41, 5.74) is 6.55. The Hall–Kier alpha value is -3.92. The van der Waals surface area contributed by atoms with Crippen LogP contribution < -0.4 is 0 Å². The maximum Gasteiger partial charge on any atom is 0.163 e. The number of pyridine rings is 1. The number of aryl methyl sites for hydroxylation is 2. The molecule has 0 fully saturated rings. The van der Waals surface area contributed by atoms with Crippen molar-refractivity contribution in [3.05, 3.63) is 96.7 Å². The zero-order chi connectivity index (χ0) is 20.5. The summed E-state index contributed by atoms with van der Waals surface area (Å²) in [5, 5.41) is 1.15. The molecule has 4 heteroatoms. The van der Waals surface area contributed by atoms with Crippen molar-refractivity contribution in [1.29, 1.82) is 0 Å². The first-order valence-electron chi connectivity index (χ1n) is 9.91. The summed E-state index contributed by atoms with van der Waals surface area (Å²) in [6.07, 6.45) is 1.93. The van der Waals surface area contributed by atoms with Crippen LogP contribution in [0.1, 0.15) is 11.6 Å². The van der Waals surface area contributed by atoms with E-state index in [1.165, 1.54) is 0 Å². The lowest BCUT2D eigenvalue weighted by molar-refractivity contribution is 0.928. The van der Waals surface area contributed by atoms with Gasteiger partial charge in [0.25, 0.3) is 0 Å². The lowest BCUT2D eigenvalue weighted by atomic mass is 9.99. The van der Waals surface area contributed by atoms with E-state index in [0.717, 1.165) is 50.4 Å². The van der Waals surface area contributed by atoms with Gasteiger partial charge in [0.15, 0.2) is 5.82 Å². The van der Waals surface area contributed by atoms with Crippen molar-refractivity contribution in [1.82, 2.24) is 19.9 Å². The Labute approximate surface area is 175 Å². The number of rotatable bonds is 3. The zero-order valence-electron chi connectivity index (χ0n) is 16.9. The first kappa shape index (κ1) is 18.1. The van der Waals surface area contributed by atoms with Crippen LogP contribution in [-0.4, -0.2) is 19.9 Å². The average Bonchev–Trinajstić information content (AvgIpc) is 2.78. The molecule has 0 unspecified atom stereocenters. The van der Waals surface area contributed by atoms with Crippen molar-refractivity contribution in [3.63, 3.8) is 0 Å². The third kappa shape index (κ3) is 3.55. The SMILES string of the molecule is Cc1nc(C)nc(-c2cccc(-c3ccc(-c4cnc5ccccc5c4)cc3)c2)n1. The Morgan fingerprint density at radius 3 is 1.97 bits per heavy atom. The number of hydrogen-bond acceptors (Lipinski definition) is 4. The lowest BCUT2D eigenvalue weighted by Crippen LogP contribution is -1.98. The predicted octanol–water partition coefficient (Wildman–Crippen LogP) is 6.04. The molecule has 0 saturated heterocycles. The number of nitrogens with zero attached hydrogens (tertiary/aromatic N) is 4. The number of aromatic nitrogens is 4. The Morgan fingerprint density at radius 2 is 1.20 bits per heavy atom. The van der Waals surface area contributed by atoms with Gasteiger partial charge in [0, 0.05) is 22.7 Å². The molecular weight excluding hydrogens is 368 g/mol. The lowest BCUT2D eigenvalue weighted by Gasteiger charge is -2.08. The molecule has 3 aromatic carbocycles. The zero-order valence-corrected chi connectivity index (χ0v) is 16.9. The van der Waals surface area contributed by atoms with Crippen LogP contribution >= 0.6 is 0 Å². The van der Waals surface area contributed by atoms with E-state index in [0.29, 0.717) is 5.82 Å². The van der Waals surface area contributed by atoms with Gasteiger partial charge in [-0.05, 0) is 48.7 Å². The normalized spacial score (nSPS) is 11.0. The molecule has 4 nitrogen and oxygen atoms in total. The molecule has 2 heterocycles. The van der Waals surface area contributed by atoms with Gasteiger partial charge in [-0.25, -0.2) is 15.0 Å². The molecule has 0 amide bonds. The van der Waals surface area contributed by atoms with Gasteiger partial charge < -0.3 is 0 Å². The Kier molecular flexibility index (Phi) is 4.52. The van der Waals surface area contributed by atoms with Crippen LogP contribution in [0.4, 0.5) is 0 Å². The van der Waals surface area contributed by atoms with Crippen LogP contribution in [0.25, 0.3) is 44.5 Å². The van der Waals surface area contributed by atoms with Crippen molar-refractivity contribution in [3.8, 4) is 33.6 Å². The van der Waals surface area contributed by atoms with Crippen molar-refractivity contribution < 1.29 is 0 Å². The fourth-order valence-corrected chi connectivity index (χ4v) is 3.67. The number of para-hydroxylation sites is 1. The molecule has 0 aliphatic heterocycles. The maximum absolute atomic E-state index is 4.58. The molecule has 5 rings (SSSR count). The van der Waals surface area contributed by atoms with E-state index in [1.807, 2.05) is 50.4 Å². The second kappa shape index (κ2) is 7.48. The molecular formula is C26H20N4. The first-order chi connectivity index (χ1) is 14.7. The molecule has 0 radical (unpaired) electrons. The molecule has 0 aliphatic carbocycles. The molecule has 0 bridgehead atoms. The van der Waals surface area contributed by atoms with Crippen LogP contribution in [0, 0.1) is 13.8 Å². The first-order valence-corrected chi connectivity index (χ1v) is 9.91. The van der Waals surface area contributed by atoms with Crippen LogP contribution in [-0.2, 0) is 0 Å². The highest BCUT2D eigenvalue weighted by atomic mass is 15.0. The molecule has 0 aliphatic rings. The van der Waals surface area contributed by atoms with Gasteiger partial charge in [-0.3, -0.25) is 4.98 Å². The van der Waals surface area contributed by atoms with Crippen molar-refractivity contribution in [2.24, 2.45) is 0 Å². The number of hydrogen-bond donors (Lipinski definition) is 0. The van der Waals surface area contributed by atoms with Crippen LogP contribution in [0.2, 0.25) is 0 Å². The summed E-state index contributed by atoms with van der Waals surface area (Å²) in [6.45, 7) is 3.78. The summed E-state index contributed by atoms with van der Waals surface area (Å²) < 4.78 is 0. The number of fused-ring (bicyclic) bond motifs is 1. The van der Waals surface area contributed by atoms with E-state index in [-0.39, 0.29) is 0 Å². The van der Waals surface area contributed by atoms with E-state index in [2.05, 4.69) is 68.5 Å². The van der Waals surface area contributed by atoms with Gasteiger partial charge in [-0.15, -0.1) is 0 Å². The van der Waals surface area contributed by atoms with Gasteiger partial charge >= 0.3 is 0 Å². The van der Waals surface area contributed by atoms with Gasteiger partial charge in [-0.2, -0.15) is 0 Å². The molecule has 2 aromatic heterocycles. The van der Waals surface area contributed by atoms with E-state index in [9.17, 15) is 0 Å². The fourth-order valence-electron chi connectivity index (χ4n) is 3.67. The van der Waals surface area contributed by atoms with E-state index in [1.54, 1.807) is 0 Å². The Morgan fingerprint density at radius 1 is 0.533 bits per heavy atom. The third-order valence-corrected chi connectivity index (χ3v) is 5.12. The topological polar surface area (TPSA) is 51.6 Å². The van der Waals surface area contributed by atoms with Gasteiger partial charge in [0.05, 0.1) is 5.52 Å². The Bertz CT molecular complexity index is 1340. The Balaban J connectivity index is 1.48. The highest BCUT2D eigenvalue weighted by Crippen LogP contribution is 2.28. The maximum atomic E-state index is 4.58. The summed E-state index contributed by atoms with van der Waals surface area (Å²) in [7, 11) is 0. The highest BCUT2D eigenvalue weighted by molar-refractivity contribution is 5.84. The van der Waals surface area contributed by atoms with Crippen molar-refractivity contribution in [2.75, 3.05) is 0 Å². The third-order valence-electron chi connectivity index (χ3n) is 5.12. The standard InChI is InChI=1S/C26H20N4/c1-17-28-18(2)30-26(29-17)23-8-5-7-21(14-23)19-10-12-20(13-11-19)24-15-22-6-3-4-9-25(22)27-16-24/h3-16H,1-2H3. The second-order valence-corrected chi connectivity index (χ2v) is 7.33. The highest BCUT2D eigenvalue weighted by Gasteiger charge is 2.07. The van der Waals surface area contributed by atoms with E-state index in [4.69, 9.17) is 0 Å². The summed E-state index contributed by atoms with van der Waals surface area (Å²) in [5.74, 6) is 2.17. The molecule has 30 heavy (non-hydrogen) atoms. The quantitative estimate of drug-likeness (QED) is 0.378. The van der Waals surface area contributed by atoms with Gasteiger partial charge in [0.2, 0.25) is 0 Å². The minimum Gasteiger partial charge on any atom is -0.256 e. The molecule has 0 N–H and O–H groups in total.